The zero-order valence-electron chi connectivity index (χ0n) is 11.0. The Bertz CT molecular complexity index is 586. The number of hydrogen-bond acceptors (Lipinski definition) is 5. The number of nitrogens with zero attached hydrogens (tertiary/aromatic N) is 1. The number of aliphatic hydroxyl groups excluding tert-OH is 1. The van der Waals surface area contributed by atoms with Gasteiger partial charge in [-0.15, -0.1) is 11.3 Å². The fraction of sp³-hybridized carbons (Fsp3) is 0.429. The van der Waals surface area contributed by atoms with Gasteiger partial charge in [0.25, 0.3) is 5.91 Å². The summed E-state index contributed by atoms with van der Waals surface area (Å²) in [5.41, 5.74) is 1.05. The fourth-order valence-corrected chi connectivity index (χ4v) is 4.09. The number of carbonyl (C=O) groups excluding carboxylic acids is 1. The SMILES string of the molecule is O=C(NC1(CO)CCCC1)c1csc(-c2ccsc2)n1. The van der Waals surface area contributed by atoms with E-state index in [1.54, 1.807) is 16.7 Å². The van der Waals surface area contributed by atoms with Crippen LogP contribution in [0.3, 0.4) is 0 Å². The summed E-state index contributed by atoms with van der Waals surface area (Å²) in [5.74, 6) is -0.182. The molecule has 20 heavy (non-hydrogen) atoms. The molecule has 0 unspecified atom stereocenters. The van der Waals surface area contributed by atoms with Gasteiger partial charge in [0, 0.05) is 16.3 Å². The van der Waals surface area contributed by atoms with Gasteiger partial charge in [0.15, 0.2) is 0 Å². The predicted molar refractivity (Wildman–Crippen MR) is 81.2 cm³/mol. The largest absolute Gasteiger partial charge is 0.394 e. The number of carbonyl (C=O) groups is 1. The number of aromatic nitrogens is 1. The van der Waals surface area contributed by atoms with E-state index in [-0.39, 0.29) is 12.5 Å². The Morgan fingerprint density at radius 2 is 2.20 bits per heavy atom. The molecule has 2 N–H and O–H groups in total. The molecule has 0 aliphatic heterocycles. The van der Waals surface area contributed by atoms with Crippen molar-refractivity contribution < 1.29 is 9.90 Å². The average Bonchev–Trinajstić information content (AvgIpc) is 3.19. The van der Waals surface area contributed by atoms with Crippen LogP contribution < -0.4 is 5.32 Å². The minimum Gasteiger partial charge on any atom is -0.394 e. The highest BCUT2D eigenvalue weighted by Crippen LogP contribution is 2.30. The van der Waals surface area contributed by atoms with Crippen LogP contribution in [-0.4, -0.2) is 28.1 Å². The third kappa shape index (κ3) is 2.63. The Morgan fingerprint density at radius 1 is 1.40 bits per heavy atom. The third-order valence-corrected chi connectivity index (χ3v) is 5.32. The van der Waals surface area contributed by atoms with Gasteiger partial charge < -0.3 is 10.4 Å². The van der Waals surface area contributed by atoms with E-state index in [2.05, 4.69) is 10.3 Å². The molecule has 1 fully saturated rings. The van der Waals surface area contributed by atoms with Crippen molar-refractivity contribution in [3.63, 3.8) is 0 Å². The van der Waals surface area contributed by atoms with Gasteiger partial charge in [-0.05, 0) is 24.3 Å². The average molecular weight is 308 g/mol. The van der Waals surface area contributed by atoms with Crippen LogP contribution in [-0.2, 0) is 0 Å². The Kier molecular flexibility index (Phi) is 3.87. The molecular formula is C14H16N2O2S2. The van der Waals surface area contributed by atoms with Gasteiger partial charge in [-0.25, -0.2) is 4.98 Å². The summed E-state index contributed by atoms with van der Waals surface area (Å²) in [6, 6.07) is 2.00. The van der Waals surface area contributed by atoms with Crippen molar-refractivity contribution in [2.45, 2.75) is 31.2 Å². The van der Waals surface area contributed by atoms with E-state index in [9.17, 15) is 9.90 Å². The molecule has 2 heterocycles. The second-order valence-electron chi connectivity index (χ2n) is 5.15. The Labute approximate surface area is 125 Å². The molecule has 1 aliphatic carbocycles. The van der Waals surface area contributed by atoms with Gasteiger partial charge in [0.2, 0.25) is 0 Å². The summed E-state index contributed by atoms with van der Waals surface area (Å²) in [5, 5.41) is 19.2. The predicted octanol–water partition coefficient (Wildman–Crippen LogP) is 2.91. The highest BCUT2D eigenvalue weighted by atomic mass is 32.1. The number of aliphatic hydroxyl groups is 1. The van der Waals surface area contributed by atoms with Gasteiger partial charge >= 0.3 is 0 Å². The summed E-state index contributed by atoms with van der Waals surface area (Å²) < 4.78 is 0. The van der Waals surface area contributed by atoms with Crippen LogP contribution in [0.25, 0.3) is 10.6 Å². The lowest BCUT2D eigenvalue weighted by Gasteiger charge is -2.27. The van der Waals surface area contributed by atoms with Crippen LogP contribution in [0.15, 0.2) is 22.2 Å². The molecule has 0 spiro atoms. The smallest absolute Gasteiger partial charge is 0.271 e. The third-order valence-electron chi connectivity index (χ3n) is 3.75. The normalized spacial score (nSPS) is 17.2. The number of amides is 1. The summed E-state index contributed by atoms with van der Waals surface area (Å²) in [7, 11) is 0. The minimum atomic E-state index is -0.441. The van der Waals surface area contributed by atoms with Crippen molar-refractivity contribution in [3.8, 4) is 10.6 Å². The topological polar surface area (TPSA) is 62.2 Å². The maximum absolute atomic E-state index is 12.3. The second-order valence-corrected chi connectivity index (χ2v) is 6.79. The van der Waals surface area contributed by atoms with E-state index in [1.165, 1.54) is 11.3 Å². The van der Waals surface area contributed by atoms with Gasteiger partial charge in [-0.3, -0.25) is 4.79 Å². The Morgan fingerprint density at radius 3 is 2.85 bits per heavy atom. The van der Waals surface area contributed by atoms with Gasteiger partial charge in [0.1, 0.15) is 10.7 Å². The molecule has 0 radical (unpaired) electrons. The number of thiophene rings is 1. The zero-order valence-corrected chi connectivity index (χ0v) is 12.6. The van der Waals surface area contributed by atoms with Crippen molar-refractivity contribution in [3.05, 3.63) is 27.9 Å². The van der Waals surface area contributed by atoms with Crippen molar-refractivity contribution in [2.75, 3.05) is 6.61 Å². The quantitative estimate of drug-likeness (QED) is 0.913. The Hall–Kier alpha value is -1.24. The fourth-order valence-electron chi connectivity index (χ4n) is 2.58. The Balaban J connectivity index is 1.74. The molecule has 2 aromatic heterocycles. The molecule has 3 rings (SSSR count). The number of thiazole rings is 1. The lowest BCUT2D eigenvalue weighted by atomic mass is 9.99. The maximum Gasteiger partial charge on any atom is 0.271 e. The first-order valence-electron chi connectivity index (χ1n) is 6.64. The molecule has 106 valence electrons. The highest BCUT2D eigenvalue weighted by Gasteiger charge is 2.35. The molecule has 0 saturated heterocycles. The summed E-state index contributed by atoms with van der Waals surface area (Å²) >= 11 is 3.09. The van der Waals surface area contributed by atoms with Crippen LogP contribution in [0.4, 0.5) is 0 Å². The molecule has 0 aromatic carbocycles. The molecule has 6 heteroatoms. The highest BCUT2D eigenvalue weighted by molar-refractivity contribution is 7.14. The molecule has 2 aromatic rings. The van der Waals surface area contributed by atoms with Crippen molar-refractivity contribution in [2.24, 2.45) is 0 Å². The first-order chi connectivity index (χ1) is 9.72. The summed E-state index contributed by atoms with van der Waals surface area (Å²) in [6.45, 7) is 0.000263. The summed E-state index contributed by atoms with van der Waals surface area (Å²) in [6.07, 6.45) is 3.80. The first-order valence-corrected chi connectivity index (χ1v) is 8.46. The lowest BCUT2D eigenvalue weighted by molar-refractivity contribution is 0.0834. The van der Waals surface area contributed by atoms with E-state index < -0.39 is 5.54 Å². The van der Waals surface area contributed by atoms with E-state index in [4.69, 9.17) is 0 Å². The van der Waals surface area contributed by atoms with Crippen molar-refractivity contribution >= 4 is 28.6 Å². The lowest BCUT2D eigenvalue weighted by Crippen LogP contribution is -2.49. The molecule has 1 aliphatic rings. The van der Waals surface area contributed by atoms with Crippen molar-refractivity contribution in [1.82, 2.24) is 10.3 Å². The standard InChI is InChI=1S/C14H16N2O2S2/c17-9-14(4-1-2-5-14)16-12(18)11-8-20-13(15-11)10-3-6-19-7-10/h3,6-8,17H,1-2,4-5,9H2,(H,16,18). The molecule has 4 nitrogen and oxygen atoms in total. The zero-order chi connectivity index (χ0) is 14.0. The number of rotatable bonds is 4. The van der Waals surface area contributed by atoms with E-state index >= 15 is 0 Å². The molecule has 0 bridgehead atoms. The number of hydrogen-bond donors (Lipinski definition) is 2. The van der Waals surface area contributed by atoms with Gasteiger partial charge in [-0.1, -0.05) is 12.8 Å². The van der Waals surface area contributed by atoms with Crippen LogP contribution in [0.2, 0.25) is 0 Å². The molecule has 0 atom stereocenters. The van der Waals surface area contributed by atoms with Crippen molar-refractivity contribution in [1.29, 1.82) is 0 Å². The molecule has 1 saturated carbocycles. The van der Waals surface area contributed by atoms with Gasteiger partial charge in [-0.2, -0.15) is 11.3 Å². The van der Waals surface area contributed by atoms with Crippen LogP contribution in [0.5, 0.6) is 0 Å². The minimum absolute atomic E-state index is 0.000263. The molecule has 1 amide bonds. The maximum atomic E-state index is 12.3. The van der Waals surface area contributed by atoms with Crippen LogP contribution >= 0.6 is 22.7 Å². The summed E-state index contributed by atoms with van der Waals surface area (Å²) in [4.78, 5) is 16.7. The monoisotopic (exact) mass is 308 g/mol. The number of nitrogens with one attached hydrogen (secondary N) is 1. The first kappa shape index (κ1) is 13.7. The van der Waals surface area contributed by atoms with E-state index in [0.717, 1.165) is 36.3 Å². The van der Waals surface area contributed by atoms with Gasteiger partial charge in [0.05, 0.1) is 12.1 Å². The van der Waals surface area contributed by atoms with Crippen LogP contribution in [0.1, 0.15) is 36.2 Å². The van der Waals surface area contributed by atoms with E-state index in [0.29, 0.717) is 5.69 Å². The van der Waals surface area contributed by atoms with Crippen LogP contribution in [0, 0.1) is 0 Å². The second kappa shape index (κ2) is 5.63. The molecular weight excluding hydrogens is 292 g/mol. The van der Waals surface area contributed by atoms with E-state index in [1.807, 2.05) is 16.8 Å².